The molecule has 1 unspecified atom stereocenters. The number of methoxy groups -OCH3 is 1. The van der Waals surface area contributed by atoms with Gasteiger partial charge in [-0.05, 0) is 31.7 Å². The first-order valence-corrected chi connectivity index (χ1v) is 10.2. The Hall–Kier alpha value is -1.77. The topological polar surface area (TPSA) is 74.3 Å². The molecule has 0 aliphatic carbocycles. The van der Waals surface area contributed by atoms with Gasteiger partial charge >= 0.3 is 0 Å². The zero-order chi connectivity index (χ0) is 19.4. The number of rotatable bonds is 6. The fourth-order valence-corrected chi connectivity index (χ4v) is 4.02. The molecule has 3 rings (SSSR count). The van der Waals surface area contributed by atoms with E-state index in [4.69, 9.17) is 16.3 Å². The van der Waals surface area contributed by atoms with E-state index in [0.717, 1.165) is 38.3 Å². The standard InChI is InChI=1S/C18H24ClN5O2S/c1-4-23-7-9-24(10-8-23)17(25)12(2)27-18-20-16(21-22-18)14-11-13(19)5-6-15(14)26-3/h5-6,11-12H,4,7-10H2,1-3H3,(H,20,21,22). The van der Waals surface area contributed by atoms with Gasteiger partial charge in [-0.25, -0.2) is 4.98 Å². The number of carbonyl (C=O) groups is 1. The number of hydrogen-bond donors (Lipinski definition) is 1. The van der Waals surface area contributed by atoms with Gasteiger partial charge in [-0.3, -0.25) is 9.89 Å². The number of hydrogen-bond acceptors (Lipinski definition) is 6. The third kappa shape index (κ3) is 4.75. The van der Waals surface area contributed by atoms with E-state index in [1.165, 1.54) is 11.8 Å². The molecule has 9 heteroatoms. The molecule has 1 aromatic carbocycles. The number of carbonyl (C=O) groups excluding carboxylic acids is 1. The smallest absolute Gasteiger partial charge is 0.235 e. The van der Waals surface area contributed by atoms with Crippen LogP contribution in [0.1, 0.15) is 13.8 Å². The maximum absolute atomic E-state index is 12.7. The number of amides is 1. The van der Waals surface area contributed by atoms with Gasteiger partial charge in [0.1, 0.15) is 5.75 Å². The average molecular weight is 410 g/mol. The maximum atomic E-state index is 12.7. The van der Waals surface area contributed by atoms with E-state index in [1.807, 2.05) is 11.8 Å². The van der Waals surface area contributed by atoms with Crippen LogP contribution >= 0.6 is 23.4 Å². The maximum Gasteiger partial charge on any atom is 0.235 e. The van der Waals surface area contributed by atoms with Gasteiger partial charge in [0.15, 0.2) is 5.82 Å². The molecule has 1 fully saturated rings. The highest BCUT2D eigenvalue weighted by Crippen LogP contribution is 2.31. The van der Waals surface area contributed by atoms with Crippen LogP contribution in [0.4, 0.5) is 0 Å². The molecule has 1 saturated heterocycles. The number of aromatic nitrogens is 3. The van der Waals surface area contributed by atoms with Crippen molar-refractivity contribution in [3.63, 3.8) is 0 Å². The van der Waals surface area contributed by atoms with Gasteiger partial charge < -0.3 is 14.5 Å². The first-order valence-electron chi connectivity index (χ1n) is 8.96. The summed E-state index contributed by atoms with van der Waals surface area (Å²) in [5, 5.41) is 8.02. The Bertz CT molecular complexity index is 792. The number of thioether (sulfide) groups is 1. The van der Waals surface area contributed by atoms with Crippen LogP contribution in [0.2, 0.25) is 5.02 Å². The third-order valence-electron chi connectivity index (χ3n) is 4.64. The third-order valence-corrected chi connectivity index (χ3v) is 5.83. The summed E-state index contributed by atoms with van der Waals surface area (Å²) in [5.41, 5.74) is 0.735. The number of ether oxygens (including phenoxy) is 1. The molecule has 1 aliphatic heterocycles. The Kier molecular flexibility index (Phi) is 6.62. The molecular weight excluding hydrogens is 386 g/mol. The number of nitrogens with zero attached hydrogens (tertiary/aromatic N) is 4. The van der Waals surface area contributed by atoms with Crippen molar-refractivity contribution in [2.45, 2.75) is 24.3 Å². The van der Waals surface area contributed by atoms with Crippen molar-refractivity contribution >= 4 is 29.3 Å². The van der Waals surface area contributed by atoms with Crippen molar-refractivity contribution in [3.05, 3.63) is 23.2 Å². The van der Waals surface area contributed by atoms with Crippen LogP contribution in [-0.4, -0.2) is 76.0 Å². The van der Waals surface area contributed by atoms with Crippen molar-refractivity contribution in [2.75, 3.05) is 39.8 Å². The zero-order valence-corrected chi connectivity index (χ0v) is 17.3. The summed E-state index contributed by atoms with van der Waals surface area (Å²) in [6, 6.07) is 5.32. The second-order valence-electron chi connectivity index (χ2n) is 6.33. The number of benzene rings is 1. The normalized spacial score (nSPS) is 16.4. The van der Waals surface area contributed by atoms with E-state index >= 15 is 0 Å². The fraction of sp³-hybridized carbons (Fsp3) is 0.500. The Morgan fingerprint density at radius 1 is 1.37 bits per heavy atom. The molecule has 1 N–H and O–H groups in total. The van der Waals surface area contributed by atoms with Crippen LogP contribution in [0.5, 0.6) is 5.75 Å². The minimum Gasteiger partial charge on any atom is -0.496 e. The minimum atomic E-state index is -0.247. The summed E-state index contributed by atoms with van der Waals surface area (Å²) in [4.78, 5) is 21.5. The van der Waals surface area contributed by atoms with E-state index in [0.29, 0.717) is 21.8 Å². The Balaban J connectivity index is 1.65. The minimum absolute atomic E-state index is 0.127. The van der Waals surface area contributed by atoms with Crippen LogP contribution in [-0.2, 0) is 4.79 Å². The van der Waals surface area contributed by atoms with E-state index in [-0.39, 0.29) is 11.2 Å². The molecule has 0 radical (unpaired) electrons. The first kappa shape index (κ1) is 20.0. The fourth-order valence-electron chi connectivity index (χ4n) is 3.03. The van der Waals surface area contributed by atoms with Gasteiger partial charge in [0.2, 0.25) is 11.1 Å². The van der Waals surface area contributed by atoms with Crippen molar-refractivity contribution in [2.24, 2.45) is 0 Å². The number of aromatic amines is 1. The lowest BCUT2D eigenvalue weighted by Gasteiger charge is -2.35. The number of nitrogens with one attached hydrogen (secondary N) is 1. The lowest BCUT2D eigenvalue weighted by molar-refractivity contribution is -0.132. The number of likely N-dealkylation sites (N-methyl/N-ethyl adjacent to an activating group) is 1. The molecule has 146 valence electrons. The van der Waals surface area contributed by atoms with Crippen LogP contribution in [0.25, 0.3) is 11.4 Å². The molecule has 2 heterocycles. The largest absolute Gasteiger partial charge is 0.496 e. The number of piperazine rings is 1. The second kappa shape index (κ2) is 8.95. The average Bonchev–Trinajstić information content (AvgIpc) is 3.15. The van der Waals surface area contributed by atoms with Crippen molar-refractivity contribution in [1.82, 2.24) is 25.0 Å². The summed E-state index contributed by atoms with van der Waals surface area (Å²) in [5.74, 6) is 1.35. The first-order chi connectivity index (χ1) is 13.0. The summed E-state index contributed by atoms with van der Waals surface area (Å²) < 4.78 is 5.36. The van der Waals surface area contributed by atoms with Crippen LogP contribution in [0.15, 0.2) is 23.4 Å². The van der Waals surface area contributed by atoms with E-state index in [2.05, 4.69) is 27.0 Å². The molecule has 1 amide bonds. The molecule has 1 aliphatic rings. The summed E-state index contributed by atoms with van der Waals surface area (Å²) in [7, 11) is 1.60. The zero-order valence-electron chi connectivity index (χ0n) is 15.7. The highest BCUT2D eigenvalue weighted by atomic mass is 35.5. The summed E-state index contributed by atoms with van der Waals surface area (Å²) in [6.07, 6.45) is 0. The van der Waals surface area contributed by atoms with Gasteiger partial charge in [0.25, 0.3) is 0 Å². The van der Waals surface area contributed by atoms with Crippen molar-refractivity contribution in [1.29, 1.82) is 0 Å². The number of H-pyrrole nitrogens is 1. The van der Waals surface area contributed by atoms with Gasteiger partial charge in [0, 0.05) is 31.2 Å². The predicted octanol–water partition coefficient (Wildman–Crippen LogP) is 2.78. The highest BCUT2D eigenvalue weighted by Gasteiger charge is 2.26. The Morgan fingerprint density at radius 2 is 2.11 bits per heavy atom. The van der Waals surface area contributed by atoms with Crippen LogP contribution in [0, 0.1) is 0 Å². The van der Waals surface area contributed by atoms with Crippen LogP contribution < -0.4 is 4.74 Å². The summed E-state index contributed by atoms with van der Waals surface area (Å²) in [6.45, 7) is 8.48. The molecule has 0 spiro atoms. The lowest BCUT2D eigenvalue weighted by Crippen LogP contribution is -2.50. The van der Waals surface area contributed by atoms with E-state index in [9.17, 15) is 4.79 Å². The SMILES string of the molecule is CCN1CCN(C(=O)C(C)Sc2n[nH]c(-c3cc(Cl)ccc3OC)n2)CC1. The quantitative estimate of drug-likeness (QED) is 0.739. The lowest BCUT2D eigenvalue weighted by atomic mass is 10.2. The molecule has 0 saturated carbocycles. The monoisotopic (exact) mass is 409 g/mol. The molecule has 27 heavy (non-hydrogen) atoms. The van der Waals surface area contributed by atoms with Gasteiger partial charge in [-0.2, -0.15) is 0 Å². The second-order valence-corrected chi connectivity index (χ2v) is 8.08. The van der Waals surface area contributed by atoms with Crippen molar-refractivity contribution in [3.8, 4) is 17.1 Å². The van der Waals surface area contributed by atoms with E-state index < -0.39 is 0 Å². The van der Waals surface area contributed by atoms with Gasteiger partial charge in [0.05, 0.1) is 17.9 Å². The molecule has 1 atom stereocenters. The molecule has 7 nitrogen and oxygen atoms in total. The van der Waals surface area contributed by atoms with Crippen LogP contribution in [0.3, 0.4) is 0 Å². The molecule has 0 bridgehead atoms. The Labute approximate surface area is 168 Å². The number of halogens is 1. The molecule has 2 aromatic rings. The van der Waals surface area contributed by atoms with Crippen molar-refractivity contribution < 1.29 is 9.53 Å². The Morgan fingerprint density at radius 3 is 2.78 bits per heavy atom. The molecule has 1 aromatic heterocycles. The van der Waals surface area contributed by atoms with E-state index in [1.54, 1.807) is 25.3 Å². The highest BCUT2D eigenvalue weighted by molar-refractivity contribution is 8.00. The predicted molar refractivity (Wildman–Crippen MR) is 107 cm³/mol. The van der Waals surface area contributed by atoms with Gasteiger partial charge in [-0.1, -0.05) is 30.3 Å². The van der Waals surface area contributed by atoms with Gasteiger partial charge in [-0.15, -0.1) is 5.10 Å². The molecular formula is C18H24ClN5O2S. The summed E-state index contributed by atoms with van der Waals surface area (Å²) >= 11 is 7.44.